The normalized spacial score (nSPS) is 11.4. The number of hydrogen-bond donors (Lipinski definition) is 1. The van der Waals surface area contributed by atoms with E-state index in [0.717, 1.165) is 6.07 Å². The van der Waals surface area contributed by atoms with E-state index in [2.05, 4.69) is 15.3 Å². The summed E-state index contributed by atoms with van der Waals surface area (Å²) >= 11 is 5.85. The molecule has 0 saturated heterocycles. The lowest BCUT2D eigenvalue weighted by atomic mass is 10.1. The Morgan fingerprint density at radius 2 is 1.93 bits per heavy atom. The molecule has 0 atom stereocenters. The maximum absolute atomic E-state index is 12.6. The van der Waals surface area contributed by atoms with Crippen LogP contribution in [0.4, 0.5) is 13.2 Å². The fourth-order valence-electron chi connectivity index (χ4n) is 2.39. The standard InChI is InChI=1S/C18H13ClF3N3O2/c19-13-8-12(18(20,21)22)9-24-14(13)6-7-23-17(26)15-16(27-10-25-15)11-4-2-1-3-5-11/h1-5,8-10H,6-7H2,(H,23,26). The van der Waals surface area contributed by atoms with Crippen LogP contribution in [0, 0.1) is 0 Å². The van der Waals surface area contributed by atoms with Gasteiger partial charge in [-0.2, -0.15) is 13.2 Å². The average molecular weight is 396 g/mol. The zero-order valence-electron chi connectivity index (χ0n) is 13.8. The Hall–Kier alpha value is -2.87. The van der Waals surface area contributed by atoms with Gasteiger partial charge in [0.1, 0.15) is 0 Å². The number of oxazole rings is 1. The minimum absolute atomic E-state index is 0.106. The maximum Gasteiger partial charge on any atom is 0.417 e. The SMILES string of the molecule is O=C(NCCc1ncc(C(F)(F)F)cc1Cl)c1ncoc1-c1ccccc1. The molecular formula is C18H13ClF3N3O2. The number of carbonyl (C=O) groups excluding carboxylic acids is 1. The lowest BCUT2D eigenvalue weighted by molar-refractivity contribution is -0.137. The molecule has 3 aromatic rings. The third-order valence-corrected chi connectivity index (χ3v) is 4.04. The van der Waals surface area contributed by atoms with Crippen molar-refractivity contribution in [3.05, 3.63) is 71.0 Å². The molecule has 1 N–H and O–H groups in total. The molecule has 0 radical (unpaired) electrons. The Kier molecular flexibility index (Phi) is 5.46. The third kappa shape index (κ3) is 4.46. The van der Waals surface area contributed by atoms with Gasteiger partial charge in [0.05, 0.1) is 16.3 Å². The van der Waals surface area contributed by atoms with Gasteiger partial charge in [-0.15, -0.1) is 0 Å². The second-order valence-electron chi connectivity index (χ2n) is 5.55. The average Bonchev–Trinajstić information content (AvgIpc) is 3.12. The van der Waals surface area contributed by atoms with Gasteiger partial charge in [0.25, 0.3) is 5.91 Å². The van der Waals surface area contributed by atoms with Crippen molar-refractivity contribution in [2.75, 3.05) is 6.54 Å². The first kappa shape index (κ1) is 18.9. The van der Waals surface area contributed by atoms with Crippen LogP contribution in [0.5, 0.6) is 0 Å². The molecule has 0 spiro atoms. The van der Waals surface area contributed by atoms with Crippen LogP contribution in [0.2, 0.25) is 5.02 Å². The number of benzene rings is 1. The van der Waals surface area contributed by atoms with Crippen LogP contribution < -0.4 is 5.32 Å². The molecule has 0 aliphatic heterocycles. The van der Waals surface area contributed by atoms with Crippen LogP contribution in [0.25, 0.3) is 11.3 Å². The van der Waals surface area contributed by atoms with Crippen LogP contribution in [-0.2, 0) is 12.6 Å². The fraction of sp³-hybridized carbons (Fsp3) is 0.167. The van der Waals surface area contributed by atoms with Crippen molar-refractivity contribution in [2.45, 2.75) is 12.6 Å². The van der Waals surface area contributed by atoms with Crippen molar-refractivity contribution in [2.24, 2.45) is 0 Å². The van der Waals surface area contributed by atoms with Gasteiger partial charge in [0.15, 0.2) is 17.8 Å². The number of carbonyl (C=O) groups is 1. The van der Waals surface area contributed by atoms with E-state index in [1.54, 1.807) is 24.3 Å². The molecule has 0 bridgehead atoms. The zero-order chi connectivity index (χ0) is 19.4. The second-order valence-corrected chi connectivity index (χ2v) is 5.96. The summed E-state index contributed by atoms with van der Waals surface area (Å²) in [4.78, 5) is 20.0. The summed E-state index contributed by atoms with van der Waals surface area (Å²) in [5.74, 6) is -0.135. The number of alkyl halides is 3. The predicted molar refractivity (Wildman–Crippen MR) is 92.2 cm³/mol. The molecule has 0 aliphatic carbocycles. The van der Waals surface area contributed by atoms with E-state index in [0.29, 0.717) is 17.5 Å². The van der Waals surface area contributed by atoms with Crippen molar-refractivity contribution in [3.8, 4) is 11.3 Å². The molecule has 2 aromatic heterocycles. The molecule has 3 rings (SSSR count). The highest BCUT2D eigenvalue weighted by Crippen LogP contribution is 2.31. The number of amides is 1. The molecular weight excluding hydrogens is 383 g/mol. The van der Waals surface area contributed by atoms with E-state index in [4.69, 9.17) is 16.0 Å². The zero-order valence-corrected chi connectivity index (χ0v) is 14.5. The van der Waals surface area contributed by atoms with Gasteiger partial charge in [-0.3, -0.25) is 9.78 Å². The van der Waals surface area contributed by atoms with Gasteiger partial charge in [-0.25, -0.2) is 4.98 Å². The number of halogens is 4. The molecule has 1 amide bonds. The van der Waals surface area contributed by atoms with Crippen molar-refractivity contribution in [1.29, 1.82) is 0 Å². The Labute approximate surface area is 157 Å². The topological polar surface area (TPSA) is 68.0 Å². The molecule has 0 aliphatic rings. The number of nitrogens with zero attached hydrogens (tertiary/aromatic N) is 2. The largest absolute Gasteiger partial charge is 0.443 e. The maximum atomic E-state index is 12.6. The summed E-state index contributed by atoms with van der Waals surface area (Å²) in [6, 6.07) is 9.82. The fourth-order valence-corrected chi connectivity index (χ4v) is 2.65. The van der Waals surface area contributed by atoms with E-state index in [-0.39, 0.29) is 29.4 Å². The molecule has 0 fully saturated rings. The van der Waals surface area contributed by atoms with E-state index in [9.17, 15) is 18.0 Å². The summed E-state index contributed by atoms with van der Waals surface area (Å²) in [6.07, 6.45) is -2.45. The molecule has 9 heteroatoms. The molecule has 140 valence electrons. The summed E-state index contributed by atoms with van der Waals surface area (Å²) in [5.41, 5.74) is 0.157. The minimum Gasteiger partial charge on any atom is -0.443 e. The highest BCUT2D eigenvalue weighted by molar-refractivity contribution is 6.31. The highest BCUT2D eigenvalue weighted by atomic mass is 35.5. The van der Waals surface area contributed by atoms with E-state index in [1.807, 2.05) is 6.07 Å². The first-order valence-corrected chi connectivity index (χ1v) is 8.23. The molecule has 27 heavy (non-hydrogen) atoms. The third-order valence-electron chi connectivity index (χ3n) is 3.71. The lowest BCUT2D eigenvalue weighted by Crippen LogP contribution is -2.26. The number of hydrogen-bond acceptors (Lipinski definition) is 4. The molecule has 1 aromatic carbocycles. The van der Waals surface area contributed by atoms with Gasteiger partial charge in [0.2, 0.25) is 0 Å². The molecule has 0 saturated carbocycles. The molecule has 0 unspecified atom stereocenters. The molecule has 2 heterocycles. The minimum atomic E-state index is -4.51. The van der Waals surface area contributed by atoms with Gasteiger partial charge >= 0.3 is 6.18 Å². The quantitative estimate of drug-likeness (QED) is 0.696. The monoisotopic (exact) mass is 395 g/mol. The van der Waals surface area contributed by atoms with Crippen LogP contribution in [0.1, 0.15) is 21.7 Å². The Balaban J connectivity index is 1.64. The smallest absolute Gasteiger partial charge is 0.417 e. The first-order valence-electron chi connectivity index (χ1n) is 7.85. The van der Waals surface area contributed by atoms with Crippen LogP contribution in [0.15, 0.2) is 53.4 Å². The van der Waals surface area contributed by atoms with E-state index >= 15 is 0 Å². The van der Waals surface area contributed by atoms with Crippen molar-refractivity contribution in [3.63, 3.8) is 0 Å². The lowest BCUT2D eigenvalue weighted by Gasteiger charge is -2.09. The van der Waals surface area contributed by atoms with E-state index in [1.165, 1.54) is 6.39 Å². The van der Waals surface area contributed by atoms with Gasteiger partial charge in [0, 0.05) is 24.7 Å². The summed E-state index contributed by atoms with van der Waals surface area (Å²) in [6.45, 7) is 0.123. The predicted octanol–water partition coefficient (Wildman–Crippen LogP) is 4.38. The summed E-state index contributed by atoms with van der Waals surface area (Å²) in [5, 5.41) is 2.53. The first-order chi connectivity index (χ1) is 12.9. The number of nitrogens with one attached hydrogen (secondary N) is 1. The number of aromatic nitrogens is 2. The van der Waals surface area contributed by atoms with Crippen molar-refractivity contribution in [1.82, 2.24) is 15.3 Å². The van der Waals surface area contributed by atoms with E-state index < -0.39 is 17.6 Å². The number of pyridine rings is 1. The van der Waals surface area contributed by atoms with Crippen LogP contribution in [0.3, 0.4) is 0 Å². The van der Waals surface area contributed by atoms with Crippen molar-refractivity contribution >= 4 is 17.5 Å². The van der Waals surface area contributed by atoms with Gasteiger partial charge in [-0.05, 0) is 6.07 Å². The van der Waals surface area contributed by atoms with Gasteiger partial charge in [-0.1, -0.05) is 41.9 Å². The Morgan fingerprint density at radius 1 is 1.19 bits per heavy atom. The Morgan fingerprint density at radius 3 is 2.59 bits per heavy atom. The summed E-state index contributed by atoms with van der Waals surface area (Å²) < 4.78 is 43.2. The van der Waals surface area contributed by atoms with Crippen LogP contribution >= 0.6 is 11.6 Å². The summed E-state index contributed by atoms with van der Waals surface area (Å²) in [7, 11) is 0. The highest BCUT2D eigenvalue weighted by Gasteiger charge is 2.31. The van der Waals surface area contributed by atoms with Gasteiger partial charge < -0.3 is 9.73 Å². The van der Waals surface area contributed by atoms with Crippen molar-refractivity contribution < 1.29 is 22.4 Å². The second kappa shape index (κ2) is 7.79. The Bertz CT molecular complexity index is 943. The number of rotatable bonds is 5. The molecule has 5 nitrogen and oxygen atoms in total. The van der Waals surface area contributed by atoms with Crippen LogP contribution in [-0.4, -0.2) is 22.4 Å².